The average molecular weight is 379 g/mol. The van der Waals surface area contributed by atoms with Gasteiger partial charge in [0, 0.05) is 25.8 Å². The number of hydrogen-bond donors (Lipinski definition) is 1. The molecule has 2 rings (SSSR count). The van der Waals surface area contributed by atoms with Crippen LogP contribution in [0.3, 0.4) is 0 Å². The van der Waals surface area contributed by atoms with Gasteiger partial charge < -0.3 is 5.73 Å². The molecule has 0 heterocycles. The Morgan fingerprint density at radius 3 is 2.37 bits per heavy atom. The van der Waals surface area contributed by atoms with E-state index in [-0.39, 0.29) is 5.75 Å². The summed E-state index contributed by atoms with van der Waals surface area (Å²) >= 11 is 15.5. The topological polar surface area (TPSA) is 43.1 Å². The second kappa shape index (κ2) is 6.27. The van der Waals surface area contributed by atoms with Crippen molar-refractivity contribution in [2.24, 2.45) is 0 Å². The van der Waals surface area contributed by atoms with Crippen LogP contribution in [-0.4, -0.2) is 4.21 Å². The lowest BCUT2D eigenvalue weighted by atomic mass is 10.2. The lowest BCUT2D eigenvalue weighted by Crippen LogP contribution is -1.99. The molecule has 0 saturated heterocycles. The quantitative estimate of drug-likeness (QED) is 0.790. The molecule has 0 fully saturated rings. The molecular formula is C13H10BrCl2NOS. The number of halogens is 3. The second-order valence-corrected chi connectivity index (χ2v) is 6.97. The third kappa shape index (κ3) is 3.51. The van der Waals surface area contributed by atoms with Gasteiger partial charge in [0.25, 0.3) is 0 Å². The number of anilines is 1. The summed E-state index contributed by atoms with van der Waals surface area (Å²) in [5, 5.41) is 1.04. The van der Waals surface area contributed by atoms with Crippen molar-refractivity contribution in [2.45, 2.75) is 10.6 Å². The fraction of sp³-hybridized carbons (Fsp3) is 0.0769. The van der Waals surface area contributed by atoms with Gasteiger partial charge in [-0.05, 0) is 46.3 Å². The molecule has 0 aliphatic carbocycles. The van der Waals surface area contributed by atoms with E-state index in [9.17, 15) is 4.21 Å². The van der Waals surface area contributed by atoms with Gasteiger partial charge in [-0.1, -0.05) is 29.3 Å². The zero-order chi connectivity index (χ0) is 14.0. The number of hydrogen-bond acceptors (Lipinski definition) is 2. The first-order valence-corrected chi connectivity index (χ1v) is 8.22. The largest absolute Gasteiger partial charge is 0.399 e. The van der Waals surface area contributed by atoms with Gasteiger partial charge >= 0.3 is 0 Å². The van der Waals surface area contributed by atoms with E-state index in [1.165, 1.54) is 0 Å². The van der Waals surface area contributed by atoms with Crippen LogP contribution in [0.15, 0.2) is 45.8 Å². The van der Waals surface area contributed by atoms with Gasteiger partial charge in [-0.3, -0.25) is 4.21 Å². The fourth-order valence-corrected chi connectivity index (χ4v) is 4.43. The predicted octanol–water partition coefficient (Wildman–Crippen LogP) is 4.65. The molecule has 0 aliphatic heterocycles. The molecule has 2 aromatic rings. The van der Waals surface area contributed by atoms with Crippen molar-refractivity contribution < 1.29 is 4.21 Å². The van der Waals surface area contributed by atoms with E-state index in [2.05, 4.69) is 15.9 Å². The normalized spacial score (nSPS) is 12.4. The van der Waals surface area contributed by atoms with Crippen LogP contribution in [0.2, 0.25) is 10.0 Å². The van der Waals surface area contributed by atoms with Gasteiger partial charge in [0.2, 0.25) is 0 Å². The number of nitrogens with two attached hydrogens (primary N) is 1. The SMILES string of the molecule is Nc1ccc(S(=O)Cc2c(Cl)cccc2Cl)c(Br)c1. The molecule has 2 nitrogen and oxygen atoms in total. The van der Waals surface area contributed by atoms with Crippen molar-refractivity contribution in [1.82, 2.24) is 0 Å². The Bertz CT molecular complexity index is 628. The Balaban J connectivity index is 2.31. The Morgan fingerprint density at radius 1 is 1.16 bits per heavy atom. The minimum atomic E-state index is -1.25. The molecule has 19 heavy (non-hydrogen) atoms. The van der Waals surface area contributed by atoms with E-state index in [4.69, 9.17) is 28.9 Å². The van der Waals surface area contributed by atoms with Gasteiger partial charge in [0.1, 0.15) is 0 Å². The van der Waals surface area contributed by atoms with Crippen LogP contribution >= 0.6 is 39.1 Å². The standard InChI is InChI=1S/C13H10BrCl2NOS/c14-10-6-8(17)4-5-13(10)19(18)7-9-11(15)2-1-3-12(9)16/h1-6H,7,17H2. The highest BCUT2D eigenvalue weighted by Gasteiger charge is 2.13. The first-order valence-electron chi connectivity index (χ1n) is 5.35. The zero-order valence-corrected chi connectivity index (χ0v) is 13.6. The number of benzene rings is 2. The first kappa shape index (κ1) is 14.9. The molecule has 0 aliphatic rings. The van der Waals surface area contributed by atoms with Gasteiger partial charge in [-0.15, -0.1) is 0 Å². The maximum absolute atomic E-state index is 12.4. The van der Waals surface area contributed by atoms with E-state index < -0.39 is 10.8 Å². The van der Waals surface area contributed by atoms with Gasteiger partial charge in [0.15, 0.2) is 0 Å². The molecule has 1 atom stereocenters. The minimum Gasteiger partial charge on any atom is -0.399 e. The van der Waals surface area contributed by atoms with E-state index in [0.29, 0.717) is 30.7 Å². The van der Waals surface area contributed by atoms with Crippen LogP contribution in [0.1, 0.15) is 5.56 Å². The molecule has 0 aromatic heterocycles. The summed E-state index contributed by atoms with van der Waals surface area (Å²) < 4.78 is 13.1. The van der Waals surface area contributed by atoms with Crippen molar-refractivity contribution in [3.05, 3.63) is 56.5 Å². The fourth-order valence-electron chi connectivity index (χ4n) is 1.58. The second-order valence-electron chi connectivity index (χ2n) is 3.88. The first-order chi connectivity index (χ1) is 8.99. The van der Waals surface area contributed by atoms with Crippen molar-refractivity contribution >= 4 is 55.6 Å². The molecule has 6 heteroatoms. The third-order valence-corrected chi connectivity index (χ3v) is 5.56. The summed E-state index contributed by atoms with van der Waals surface area (Å²) in [6.07, 6.45) is 0. The predicted molar refractivity (Wildman–Crippen MR) is 85.1 cm³/mol. The summed E-state index contributed by atoms with van der Waals surface area (Å²) in [6.45, 7) is 0. The Morgan fingerprint density at radius 2 is 1.79 bits per heavy atom. The van der Waals surface area contributed by atoms with Crippen molar-refractivity contribution in [3.63, 3.8) is 0 Å². The minimum absolute atomic E-state index is 0.265. The van der Waals surface area contributed by atoms with Crippen LogP contribution in [-0.2, 0) is 16.6 Å². The summed E-state index contributed by atoms with van der Waals surface area (Å²) in [5.74, 6) is 0.265. The molecule has 1 unspecified atom stereocenters. The van der Waals surface area contributed by atoms with E-state index in [1.54, 1.807) is 36.4 Å². The summed E-state index contributed by atoms with van der Waals surface area (Å²) in [7, 11) is -1.25. The molecule has 0 amide bonds. The lowest BCUT2D eigenvalue weighted by Gasteiger charge is -2.08. The van der Waals surface area contributed by atoms with E-state index in [0.717, 1.165) is 0 Å². The summed E-state index contributed by atoms with van der Waals surface area (Å²) in [5.41, 5.74) is 6.96. The van der Waals surface area contributed by atoms with Crippen LogP contribution in [0.5, 0.6) is 0 Å². The summed E-state index contributed by atoms with van der Waals surface area (Å²) in [4.78, 5) is 0.671. The molecule has 0 spiro atoms. The highest BCUT2D eigenvalue weighted by Crippen LogP contribution is 2.29. The molecule has 2 aromatic carbocycles. The van der Waals surface area contributed by atoms with Crippen LogP contribution in [0, 0.1) is 0 Å². The molecule has 0 bridgehead atoms. The maximum Gasteiger partial charge on any atom is 0.0586 e. The molecule has 2 N–H and O–H groups in total. The Labute approximate surface area is 132 Å². The van der Waals surface area contributed by atoms with Crippen LogP contribution in [0.25, 0.3) is 0 Å². The van der Waals surface area contributed by atoms with Crippen molar-refractivity contribution in [1.29, 1.82) is 0 Å². The molecule has 0 radical (unpaired) electrons. The zero-order valence-electron chi connectivity index (χ0n) is 9.70. The van der Waals surface area contributed by atoms with Crippen molar-refractivity contribution in [2.75, 3.05) is 5.73 Å². The van der Waals surface area contributed by atoms with E-state index >= 15 is 0 Å². The highest BCUT2D eigenvalue weighted by atomic mass is 79.9. The molecule has 100 valence electrons. The number of nitrogen functional groups attached to an aromatic ring is 1. The van der Waals surface area contributed by atoms with Gasteiger partial charge in [-0.2, -0.15) is 0 Å². The monoisotopic (exact) mass is 377 g/mol. The maximum atomic E-state index is 12.4. The van der Waals surface area contributed by atoms with Gasteiger partial charge in [0.05, 0.1) is 21.4 Å². The van der Waals surface area contributed by atoms with Gasteiger partial charge in [-0.25, -0.2) is 0 Å². The van der Waals surface area contributed by atoms with E-state index in [1.807, 2.05) is 0 Å². The Hall–Kier alpha value is -0.550. The van der Waals surface area contributed by atoms with Crippen LogP contribution < -0.4 is 5.73 Å². The van der Waals surface area contributed by atoms with Crippen molar-refractivity contribution in [3.8, 4) is 0 Å². The number of rotatable bonds is 3. The molecular weight excluding hydrogens is 369 g/mol. The highest BCUT2D eigenvalue weighted by molar-refractivity contribution is 9.10. The van der Waals surface area contributed by atoms with Crippen LogP contribution in [0.4, 0.5) is 5.69 Å². The molecule has 0 saturated carbocycles. The summed E-state index contributed by atoms with van der Waals surface area (Å²) in [6, 6.07) is 10.4. The Kier molecular flexibility index (Phi) is 4.90. The average Bonchev–Trinajstić information content (AvgIpc) is 2.33. The lowest BCUT2D eigenvalue weighted by molar-refractivity contribution is 0.682. The smallest absolute Gasteiger partial charge is 0.0586 e. The third-order valence-electron chi connectivity index (χ3n) is 2.54.